The second-order valence-corrected chi connectivity index (χ2v) is 5.79. The molecule has 0 aromatic heterocycles. The lowest BCUT2D eigenvalue weighted by molar-refractivity contribution is -0.118. The molecule has 1 unspecified atom stereocenters. The average molecular weight is 317 g/mol. The van der Waals surface area contributed by atoms with Crippen molar-refractivity contribution in [1.29, 1.82) is 0 Å². The highest BCUT2D eigenvalue weighted by Crippen LogP contribution is 2.25. The number of hydrogen-bond acceptors (Lipinski definition) is 3. The number of rotatable bonds is 4. The molecule has 0 bridgehead atoms. The molecule has 1 aromatic carbocycles. The van der Waals surface area contributed by atoms with E-state index in [9.17, 15) is 9.90 Å². The van der Waals surface area contributed by atoms with Crippen LogP contribution in [-0.4, -0.2) is 41.7 Å². The summed E-state index contributed by atoms with van der Waals surface area (Å²) < 4.78 is 0. The van der Waals surface area contributed by atoms with Crippen molar-refractivity contribution in [2.45, 2.75) is 25.3 Å². The zero-order valence-corrected chi connectivity index (χ0v) is 12.6. The number of hydrogen-bond donors (Lipinski definition) is 2. The van der Waals surface area contributed by atoms with E-state index in [1.807, 2.05) is 4.90 Å². The molecule has 1 fully saturated rings. The van der Waals surface area contributed by atoms with Gasteiger partial charge in [0, 0.05) is 11.7 Å². The van der Waals surface area contributed by atoms with Gasteiger partial charge in [0.05, 0.1) is 23.2 Å². The molecule has 1 atom stereocenters. The van der Waals surface area contributed by atoms with Gasteiger partial charge in [-0.2, -0.15) is 0 Å². The van der Waals surface area contributed by atoms with Crippen molar-refractivity contribution in [2.75, 3.05) is 25.0 Å². The highest BCUT2D eigenvalue weighted by molar-refractivity contribution is 6.42. The number of aliphatic hydroxyl groups excluding tert-OH is 1. The van der Waals surface area contributed by atoms with Crippen molar-refractivity contribution in [3.63, 3.8) is 0 Å². The number of carbonyl (C=O) groups excluding carboxylic acids is 1. The number of nitrogens with zero attached hydrogens (tertiary/aromatic N) is 1. The maximum atomic E-state index is 12.0. The second-order valence-electron chi connectivity index (χ2n) is 4.98. The van der Waals surface area contributed by atoms with E-state index in [4.69, 9.17) is 23.2 Å². The number of amides is 1. The van der Waals surface area contributed by atoms with E-state index in [1.165, 1.54) is 0 Å². The van der Waals surface area contributed by atoms with Crippen LogP contribution in [-0.2, 0) is 4.79 Å². The molecule has 1 aliphatic rings. The molecule has 2 N–H and O–H groups in total. The summed E-state index contributed by atoms with van der Waals surface area (Å²) in [5.74, 6) is -0.108. The predicted molar refractivity (Wildman–Crippen MR) is 81.4 cm³/mol. The molecule has 1 amide bonds. The first-order valence-corrected chi connectivity index (χ1v) is 7.45. The van der Waals surface area contributed by atoms with Gasteiger partial charge in [-0.1, -0.05) is 29.6 Å². The minimum atomic E-state index is -0.108. The summed E-state index contributed by atoms with van der Waals surface area (Å²) in [6.45, 7) is 1.23. The van der Waals surface area contributed by atoms with Gasteiger partial charge in [0.2, 0.25) is 5.91 Å². The van der Waals surface area contributed by atoms with Gasteiger partial charge in [0.1, 0.15) is 0 Å². The summed E-state index contributed by atoms with van der Waals surface area (Å²) in [7, 11) is 0. The number of aliphatic hydroxyl groups is 1. The standard InChI is InChI=1S/C14H18Cl2N2O2/c15-12-5-4-10(7-13(12)16)17-14(20)8-18-6-2-1-3-11(18)9-19/h4-5,7,11,19H,1-3,6,8-9H2,(H,17,20). The van der Waals surface area contributed by atoms with E-state index >= 15 is 0 Å². The third kappa shape index (κ3) is 4.09. The smallest absolute Gasteiger partial charge is 0.238 e. The number of benzene rings is 1. The third-order valence-electron chi connectivity index (χ3n) is 3.51. The minimum absolute atomic E-state index is 0.0864. The van der Waals surface area contributed by atoms with Gasteiger partial charge < -0.3 is 10.4 Å². The van der Waals surface area contributed by atoms with Gasteiger partial charge in [-0.15, -0.1) is 0 Å². The van der Waals surface area contributed by atoms with E-state index in [0.717, 1.165) is 25.8 Å². The molecule has 1 aromatic rings. The average Bonchev–Trinajstić information content (AvgIpc) is 2.43. The summed E-state index contributed by atoms with van der Waals surface area (Å²) in [4.78, 5) is 14.1. The van der Waals surface area contributed by atoms with Gasteiger partial charge in [-0.05, 0) is 37.6 Å². The molecular formula is C14H18Cl2N2O2. The Morgan fingerprint density at radius 2 is 2.15 bits per heavy atom. The Morgan fingerprint density at radius 3 is 2.85 bits per heavy atom. The molecule has 0 spiro atoms. The van der Waals surface area contributed by atoms with Gasteiger partial charge in [0.25, 0.3) is 0 Å². The van der Waals surface area contributed by atoms with Crippen molar-refractivity contribution < 1.29 is 9.90 Å². The molecule has 1 heterocycles. The molecule has 4 nitrogen and oxygen atoms in total. The summed E-state index contributed by atoms with van der Waals surface area (Å²) in [5.41, 5.74) is 0.627. The molecule has 0 radical (unpaired) electrons. The number of halogens is 2. The van der Waals surface area contributed by atoms with Crippen LogP contribution in [0, 0.1) is 0 Å². The Bertz CT molecular complexity index is 482. The van der Waals surface area contributed by atoms with Gasteiger partial charge >= 0.3 is 0 Å². The first-order valence-electron chi connectivity index (χ1n) is 6.70. The Labute approximate surface area is 128 Å². The lowest BCUT2D eigenvalue weighted by Gasteiger charge is -2.33. The van der Waals surface area contributed by atoms with Crippen molar-refractivity contribution in [2.24, 2.45) is 0 Å². The number of anilines is 1. The van der Waals surface area contributed by atoms with Crippen molar-refractivity contribution in [3.05, 3.63) is 28.2 Å². The molecule has 6 heteroatoms. The van der Waals surface area contributed by atoms with Crippen LogP contribution in [0.1, 0.15) is 19.3 Å². The zero-order chi connectivity index (χ0) is 14.5. The number of nitrogens with one attached hydrogen (secondary N) is 1. The van der Waals surface area contributed by atoms with Crippen LogP contribution < -0.4 is 5.32 Å². The normalized spacial score (nSPS) is 19.9. The fourth-order valence-corrected chi connectivity index (χ4v) is 2.73. The van der Waals surface area contributed by atoms with Crippen LogP contribution in [0.15, 0.2) is 18.2 Å². The summed E-state index contributed by atoms with van der Waals surface area (Å²) in [6, 6.07) is 5.08. The molecule has 110 valence electrons. The summed E-state index contributed by atoms with van der Waals surface area (Å²) in [6.07, 6.45) is 3.11. The topological polar surface area (TPSA) is 52.6 Å². The third-order valence-corrected chi connectivity index (χ3v) is 4.25. The van der Waals surface area contributed by atoms with E-state index < -0.39 is 0 Å². The second kappa shape index (κ2) is 7.27. The van der Waals surface area contributed by atoms with Crippen LogP contribution in [0.4, 0.5) is 5.69 Å². The van der Waals surface area contributed by atoms with Crippen LogP contribution in [0.2, 0.25) is 10.0 Å². The predicted octanol–water partition coefficient (Wildman–Crippen LogP) is 2.78. The maximum Gasteiger partial charge on any atom is 0.238 e. The monoisotopic (exact) mass is 316 g/mol. The van der Waals surface area contributed by atoms with Crippen molar-refractivity contribution >= 4 is 34.8 Å². The number of piperidine rings is 1. The fourth-order valence-electron chi connectivity index (χ4n) is 2.43. The lowest BCUT2D eigenvalue weighted by Crippen LogP contribution is -2.45. The molecule has 1 aliphatic heterocycles. The minimum Gasteiger partial charge on any atom is -0.395 e. The molecular weight excluding hydrogens is 299 g/mol. The first-order chi connectivity index (χ1) is 9.60. The van der Waals surface area contributed by atoms with E-state index in [-0.39, 0.29) is 25.1 Å². The molecule has 20 heavy (non-hydrogen) atoms. The van der Waals surface area contributed by atoms with Crippen LogP contribution in [0.5, 0.6) is 0 Å². The summed E-state index contributed by atoms with van der Waals surface area (Å²) in [5, 5.41) is 13.0. The van der Waals surface area contributed by atoms with Gasteiger partial charge in [-0.25, -0.2) is 0 Å². The quantitative estimate of drug-likeness (QED) is 0.898. The molecule has 0 aliphatic carbocycles. The molecule has 1 saturated heterocycles. The Balaban J connectivity index is 1.92. The largest absolute Gasteiger partial charge is 0.395 e. The highest BCUT2D eigenvalue weighted by atomic mass is 35.5. The van der Waals surface area contributed by atoms with Gasteiger partial charge in [0.15, 0.2) is 0 Å². The number of likely N-dealkylation sites (tertiary alicyclic amines) is 1. The fraction of sp³-hybridized carbons (Fsp3) is 0.500. The van der Waals surface area contributed by atoms with Crippen molar-refractivity contribution in [1.82, 2.24) is 4.90 Å². The van der Waals surface area contributed by atoms with Gasteiger partial charge in [-0.3, -0.25) is 9.69 Å². The van der Waals surface area contributed by atoms with E-state index in [2.05, 4.69) is 5.32 Å². The van der Waals surface area contributed by atoms with Crippen LogP contribution in [0.3, 0.4) is 0 Å². The zero-order valence-electron chi connectivity index (χ0n) is 11.1. The Hall–Kier alpha value is -0.810. The maximum absolute atomic E-state index is 12.0. The van der Waals surface area contributed by atoms with Crippen LogP contribution in [0.25, 0.3) is 0 Å². The van der Waals surface area contributed by atoms with E-state index in [1.54, 1.807) is 18.2 Å². The first kappa shape index (κ1) is 15.6. The Kier molecular flexibility index (Phi) is 5.66. The number of carbonyl (C=O) groups is 1. The van der Waals surface area contributed by atoms with Crippen molar-refractivity contribution in [3.8, 4) is 0 Å². The van der Waals surface area contributed by atoms with Crippen LogP contribution >= 0.6 is 23.2 Å². The highest BCUT2D eigenvalue weighted by Gasteiger charge is 2.23. The lowest BCUT2D eigenvalue weighted by atomic mass is 10.0. The summed E-state index contributed by atoms with van der Waals surface area (Å²) >= 11 is 11.7. The molecule has 2 rings (SSSR count). The SMILES string of the molecule is O=C(CN1CCCCC1CO)Nc1ccc(Cl)c(Cl)c1. The Morgan fingerprint density at radius 1 is 1.35 bits per heavy atom. The van der Waals surface area contributed by atoms with E-state index in [0.29, 0.717) is 15.7 Å². The molecule has 0 saturated carbocycles.